The largest absolute Gasteiger partial charge is 0.469 e. The molecular formula is C9H13N2O8P. The average molecular weight is 308 g/mol. The van der Waals surface area contributed by atoms with Crippen molar-refractivity contribution < 1.29 is 28.7 Å². The minimum atomic E-state index is -4.66. The van der Waals surface area contributed by atoms with Gasteiger partial charge in [0, 0.05) is 18.7 Å². The molecule has 0 saturated carbocycles. The van der Waals surface area contributed by atoms with Crippen LogP contribution >= 0.6 is 7.82 Å². The SMILES string of the molecule is O=c1ccn([C@@H]2CC(O)[C@H](COP(=O)(O)O)O2)c(=O)[nH]1. The second-order valence-corrected chi connectivity index (χ2v) is 5.48. The molecule has 11 heteroatoms. The van der Waals surface area contributed by atoms with Gasteiger partial charge >= 0.3 is 13.5 Å². The number of hydrogen-bond donors (Lipinski definition) is 4. The molecule has 112 valence electrons. The molecule has 20 heavy (non-hydrogen) atoms. The standard InChI is InChI=1S/C9H13N2O8P/c12-5-3-8(11-2-1-7(13)10-9(11)14)19-6(5)4-18-20(15,16)17/h1-2,5-6,8,12H,3-4H2,(H,10,13,14)(H2,15,16,17)/t5?,6-,8-/m0/s1. The number of nitrogens with zero attached hydrogens (tertiary/aromatic N) is 1. The molecule has 1 aliphatic heterocycles. The summed E-state index contributed by atoms with van der Waals surface area (Å²) in [6, 6.07) is 1.12. The molecule has 4 N–H and O–H groups in total. The van der Waals surface area contributed by atoms with Crippen molar-refractivity contribution in [1.29, 1.82) is 0 Å². The lowest BCUT2D eigenvalue weighted by Gasteiger charge is -2.16. The molecule has 0 spiro atoms. The van der Waals surface area contributed by atoms with Gasteiger partial charge in [0.1, 0.15) is 12.3 Å². The summed E-state index contributed by atoms with van der Waals surface area (Å²) in [5.74, 6) is 0. The van der Waals surface area contributed by atoms with Crippen molar-refractivity contribution in [3.63, 3.8) is 0 Å². The average Bonchev–Trinajstić information content (AvgIpc) is 2.67. The van der Waals surface area contributed by atoms with E-state index in [2.05, 4.69) is 4.52 Å². The number of phosphoric acid groups is 1. The fourth-order valence-corrected chi connectivity index (χ4v) is 2.20. The second kappa shape index (κ2) is 5.60. The van der Waals surface area contributed by atoms with Gasteiger partial charge in [-0.05, 0) is 0 Å². The quantitative estimate of drug-likeness (QED) is 0.480. The maximum absolute atomic E-state index is 11.5. The summed E-state index contributed by atoms with van der Waals surface area (Å²) in [5.41, 5.74) is -1.27. The predicted molar refractivity (Wildman–Crippen MR) is 63.9 cm³/mol. The Balaban J connectivity index is 2.08. The number of aromatic amines is 1. The number of aromatic nitrogens is 2. The maximum Gasteiger partial charge on any atom is 0.469 e. The van der Waals surface area contributed by atoms with E-state index < -0.39 is 44.1 Å². The van der Waals surface area contributed by atoms with Crippen LogP contribution in [0.5, 0.6) is 0 Å². The zero-order chi connectivity index (χ0) is 14.9. The molecule has 0 aromatic carbocycles. The number of H-pyrrole nitrogens is 1. The van der Waals surface area contributed by atoms with Crippen LogP contribution in [0, 0.1) is 0 Å². The molecular weight excluding hydrogens is 295 g/mol. The van der Waals surface area contributed by atoms with Crippen LogP contribution < -0.4 is 11.2 Å². The summed E-state index contributed by atoms with van der Waals surface area (Å²) in [7, 11) is -4.66. The molecule has 1 aromatic heterocycles. The van der Waals surface area contributed by atoms with Crippen molar-refractivity contribution in [3.8, 4) is 0 Å². The number of nitrogens with one attached hydrogen (secondary N) is 1. The van der Waals surface area contributed by atoms with E-state index in [4.69, 9.17) is 14.5 Å². The maximum atomic E-state index is 11.5. The van der Waals surface area contributed by atoms with Crippen LogP contribution in [0.15, 0.2) is 21.9 Å². The van der Waals surface area contributed by atoms with Gasteiger partial charge in [0.05, 0.1) is 12.7 Å². The highest BCUT2D eigenvalue weighted by Crippen LogP contribution is 2.37. The lowest BCUT2D eigenvalue weighted by molar-refractivity contribution is -0.0450. The fraction of sp³-hybridized carbons (Fsp3) is 0.556. The summed E-state index contributed by atoms with van der Waals surface area (Å²) in [5, 5.41) is 9.72. The number of ether oxygens (including phenoxy) is 1. The number of aliphatic hydroxyl groups is 1. The van der Waals surface area contributed by atoms with E-state index in [-0.39, 0.29) is 6.42 Å². The first-order valence-electron chi connectivity index (χ1n) is 5.61. The molecule has 0 aliphatic carbocycles. The van der Waals surface area contributed by atoms with E-state index in [1.165, 1.54) is 6.20 Å². The molecule has 0 radical (unpaired) electrons. The Morgan fingerprint density at radius 2 is 2.20 bits per heavy atom. The van der Waals surface area contributed by atoms with Crippen LogP contribution in [-0.4, -0.2) is 43.3 Å². The fourth-order valence-electron chi connectivity index (χ4n) is 1.86. The molecule has 2 rings (SSSR count). The lowest BCUT2D eigenvalue weighted by atomic mass is 10.2. The van der Waals surface area contributed by atoms with Crippen LogP contribution in [-0.2, 0) is 13.8 Å². The monoisotopic (exact) mass is 308 g/mol. The third kappa shape index (κ3) is 3.63. The van der Waals surface area contributed by atoms with Crippen molar-refractivity contribution in [2.45, 2.75) is 24.9 Å². The molecule has 0 bridgehead atoms. The first-order valence-corrected chi connectivity index (χ1v) is 7.14. The van der Waals surface area contributed by atoms with Gasteiger partial charge in [-0.1, -0.05) is 0 Å². The smallest absolute Gasteiger partial charge is 0.390 e. The number of hydrogen-bond acceptors (Lipinski definition) is 6. The molecule has 1 unspecified atom stereocenters. The summed E-state index contributed by atoms with van der Waals surface area (Å²) >= 11 is 0. The molecule has 1 fully saturated rings. The minimum Gasteiger partial charge on any atom is -0.390 e. The van der Waals surface area contributed by atoms with E-state index >= 15 is 0 Å². The highest BCUT2D eigenvalue weighted by molar-refractivity contribution is 7.46. The van der Waals surface area contributed by atoms with E-state index in [0.717, 1.165) is 10.6 Å². The summed E-state index contributed by atoms with van der Waals surface area (Å²) in [6.07, 6.45) is -1.64. The first-order chi connectivity index (χ1) is 9.26. The topological polar surface area (TPSA) is 151 Å². The van der Waals surface area contributed by atoms with Gasteiger partial charge in [-0.25, -0.2) is 9.36 Å². The van der Waals surface area contributed by atoms with Crippen molar-refractivity contribution in [1.82, 2.24) is 9.55 Å². The molecule has 0 amide bonds. The highest BCUT2D eigenvalue weighted by Gasteiger charge is 2.36. The third-order valence-electron chi connectivity index (χ3n) is 2.77. The Kier molecular flexibility index (Phi) is 4.23. The Morgan fingerprint density at radius 1 is 1.50 bits per heavy atom. The molecule has 1 saturated heterocycles. The van der Waals surface area contributed by atoms with E-state index in [0.29, 0.717) is 0 Å². The number of aliphatic hydroxyl groups excluding tert-OH is 1. The van der Waals surface area contributed by atoms with Crippen LogP contribution in [0.4, 0.5) is 0 Å². The molecule has 1 aromatic rings. The molecule has 3 atom stereocenters. The van der Waals surface area contributed by atoms with Gasteiger partial charge in [-0.15, -0.1) is 0 Å². The third-order valence-corrected chi connectivity index (χ3v) is 3.26. The van der Waals surface area contributed by atoms with Gasteiger partial charge in [0.15, 0.2) is 0 Å². The minimum absolute atomic E-state index is 0.0289. The zero-order valence-corrected chi connectivity index (χ0v) is 11.0. The van der Waals surface area contributed by atoms with Crippen LogP contribution in [0.3, 0.4) is 0 Å². The molecule has 1 aliphatic rings. The van der Waals surface area contributed by atoms with Crippen molar-refractivity contribution in [3.05, 3.63) is 33.1 Å². The van der Waals surface area contributed by atoms with Gasteiger partial charge in [-0.2, -0.15) is 0 Å². The molecule has 10 nitrogen and oxygen atoms in total. The van der Waals surface area contributed by atoms with Gasteiger partial charge in [0.2, 0.25) is 0 Å². The van der Waals surface area contributed by atoms with Crippen molar-refractivity contribution in [2.24, 2.45) is 0 Å². The zero-order valence-electron chi connectivity index (χ0n) is 10.1. The van der Waals surface area contributed by atoms with Crippen LogP contribution in [0.25, 0.3) is 0 Å². The van der Waals surface area contributed by atoms with Gasteiger partial charge in [0.25, 0.3) is 5.56 Å². The predicted octanol–water partition coefficient (Wildman–Crippen LogP) is -1.71. The van der Waals surface area contributed by atoms with E-state index in [9.17, 15) is 19.3 Å². The summed E-state index contributed by atoms with van der Waals surface area (Å²) in [4.78, 5) is 41.7. The Labute approximate surface area is 111 Å². The normalized spacial score (nSPS) is 26.9. The van der Waals surface area contributed by atoms with Gasteiger partial charge < -0.3 is 19.6 Å². The van der Waals surface area contributed by atoms with Crippen molar-refractivity contribution >= 4 is 7.82 Å². The van der Waals surface area contributed by atoms with Crippen LogP contribution in [0.2, 0.25) is 0 Å². The van der Waals surface area contributed by atoms with E-state index in [1.807, 2.05) is 4.98 Å². The van der Waals surface area contributed by atoms with Gasteiger partial charge in [-0.3, -0.25) is 18.9 Å². The summed E-state index contributed by atoms with van der Waals surface area (Å²) in [6.45, 7) is -0.514. The first kappa shape index (κ1) is 15.1. The lowest BCUT2D eigenvalue weighted by Crippen LogP contribution is -2.31. The van der Waals surface area contributed by atoms with Crippen molar-refractivity contribution in [2.75, 3.05) is 6.61 Å². The Morgan fingerprint density at radius 3 is 2.80 bits per heavy atom. The summed E-state index contributed by atoms with van der Waals surface area (Å²) < 4.78 is 21.2. The Hall–Kier alpha value is -1.29. The van der Waals surface area contributed by atoms with E-state index in [1.54, 1.807) is 0 Å². The van der Waals surface area contributed by atoms with Crippen LogP contribution in [0.1, 0.15) is 12.6 Å². The second-order valence-electron chi connectivity index (χ2n) is 4.24. The molecule has 2 heterocycles. The highest BCUT2D eigenvalue weighted by atomic mass is 31.2. The number of rotatable bonds is 4. The number of phosphoric ester groups is 1. The Bertz CT molecular complexity index is 633.